The Labute approximate surface area is 154 Å². The molecule has 132 valence electrons. The Morgan fingerprint density at radius 1 is 1.15 bits per heavy atom. The number of rotatable bonds is 6. The lowest BCUT2D eigenvalue weighted by molar-refractivity contribution is -0.114. The molecule has 0 unspecified atom stereocenters. The summed E-state index contributed by atoms with van der Waals surface area (Å²) in [4.78, 5) is 25.9. The molecule has 3 rings (SSSR count). The van der Waals surface area contributed by atoms with Gasteiger partial charge in [-0.05, 0) is 29.7 Å². The summed E-state index contributed by atoms with van der Waals surface area (Å²) in [7, 11) is 0. The van der Waals surface area contributed by atoms with Gasteiger partial charge in [0.2, 0.25) is 11.7 Å². The third kappa shape index (κ3) is 4.15. The van der Waals surface area contributed by atoms with E-state index in [0.29, 0.717) is 17.1 Å². The number of carbonyl (C=O) groups is 2. The standard InChI is InChI=1S/C18H17N5O2S/c1-12(24)19-15-9-8-14(10-17(15)26-2)16(25)11-23-21-18(20-22-23)13-6-4-3-5-7-13/h3-10H,11H2,1-2H3,(H,19,24). The Bertz CT molecular complexity index is 940. The van der Waals surface area contributed by atoms with Crippen LogP contribution in [0.3, 0.4) is 0 Å². The Kier molecular flexibility index (Phi) is 5.43. The number of amides is 1. The van der Waals surface area contributed by atoms with Crippen LogP contribution < -0.4 is 5.32 Å². The van der Waals surface area contributed by atoms with Gasteiger partial charge in [-0.25, -0.2) is 0 Å². The fourth-order valence-corrected chi connectivity index (χ4v) is 2.97. The zero-order valence-corrected chi connectivity index (χ0v) is 15.2. The van der Waals surface area contributed by atoms with Crippen LogP contribution in [0.5, 0.6) is 0 Å². The van der Waals surface area contributed by atoms with Gasteiger partial charge in [-0.1, -0.05) is 30.3 Å². The van der Waals surface area contributed by atoms with Crippen LogP contribution in [0.4, 0.5) is 5.69 Å². The van der Waals surface area contributed by atoms with E-state index in [1.807, 2.05) is 36.6 Å². The molecule has 0 atom stereocenters. The molecular weight excluding hydrogens is 350 g/mol. The minimum absolute atomic E-state index is 0.00681. The zero-order valence-electron chi connectivity index (χ0n) is 14.3. The van der Waals surface area contributed by atoms with Gasteiger partial charge in [-0.2, -0.15) is 4.80 Å². The van der Waals surface area contributed by atoms with Crippen LogP contribution in [0, 0.1) is 0 Å². The monoisotopic (exact) mass is 367 g/mol. The second-order valence-corrected chi connectivity index (χ2v) is 6.38. The van der Waals surface area contributed by atoms with E-state index in [1.165, 1.54) is 23.5 Å². The first-order chi connectivity index (χ1) is 12.6. The topological polar surface area (TPSA) is 89.8 Å². The van der Waals surface area contributed by atoms with Crippen molar-refractivity contribution in [2.24, 2.45) is 0 Å². The van der Waals surface area contributed by atoms with Gasteiger partial charge < -0.3 is 5.32 Å². The minimum atomic E-state index is -0.153. The van der Waals surface area contributed by atoms with Gasteiger partial charge in [-0.15, -0.1) is 22.0 Å². The fourth-order valence-electron chi connectivity index (χ4n) is 2.39. The maximum atomic E-state index is 12.5. The number of benzene rings is 2. The van der Waals surface area contributed by atoms with E-state index in [0.717, 1.165) is 10.5 Å². The average Bonchev–Trinajstić information content (AvgIpc) is 3.10. The number of Topliss-reactive ketones (excluding diaryl/α,β-unsaturated/α-hetero) is 1. The number of hydrogen-bond acceptors (Lipinski definition) is 6. The number of nitrogens with zero attached hydrogens (tertiary/aromatic N) is 4. The van der Waals surface area contributed by atoms with E-state index in [-0.39, 0.29) is 18.2 Å². The van der Waals surface area contributed by atoms with Crippen molar-refractivity contribution in [2.45, 2.75) is 18.4 Å². The number of aromatic nitrogens is 4. The van der Waals surface area contributed by atoms with Crippen molar-refractivity contribution in [3.63, 3.8) is 0 Å². The van der Waals surface area contributed by atoms with Crippen molar-refractivity contribution in [3.8, 4) is 11.4 Å². The number of nitrogens with one attached hydrogen (secondary N) is 1. The van der Waals surface area contributed by atoms with Crippen LogP contribution in [-0.4, -0.2) is 38.2 Å². The third-order valence-corrected chi connectivity index (χ3v) is 4.38. The highest BCUT2D eigenvalue weighted by atomic mass is 32.2. The van der Waals surface area contributed by atoms with E-state index >= 15 is 0 Å². The molecule has 1 amide bonds. The van der Waals surface area contributed by atoms with Crippen molar-refractivity contribution in [1.29, 1.82) is 0 Å². The Balaban J connectivity index is 1.76. The lowest BCUT2D eigenvalue weighted by Gasteiger charge is -2.09. The summed E-state index contributed by atoms with van der Waals surface area (Å²) in [6.07, 6.45) is 1.89. The molecule has 0 radical (unpaired) electrons. The SMILES string of the molecule is CSc1cc(C(=O)Cn2nnc(-c3ccccc3)n2)ccc1NC(C)=O. The molecule has 0 spiro atoms. The van der Waals surface area contributed by atoms with Crippen LogP contribution in [-0.2, 0) is 11.3 Å². The lowest BCUT2D eigenvalue weighted by Crippen LogP contribution is -2.14. The van der Waals surface area contributed by atoms with E-state index in [4.69, 9.17) is 0 Å². The van der Waals surface area contributed by atoms with Gasteiger partial charge in [0.1, 0.15) is 6.54 Å². The van der Waals surface area contributed by atoms with E-state index in [2.05, 4.69) is 20.7 Å². The third-order valence-electron chi connectivity index (χ3n) is 3.60. The highest BCUT2D eigenvalue weighted by molar-refractivity contribution is 7.98. The van der Waals surface area contributed by atoms with E-state index in [9.17, 15) is 9.59 Å². The van der Waals surface area contributed by atoms with Gasteiger partial charge >= 0.3 is 0 Å². The second-order valence-electron chi connectivity index (χ2n) is 5.53. The molecule has 0 aliphatic rings. The molecule has 8 heteroatoms. The van der Waals surface area contributed by atoms with Gasteiger partial charge in [0.25, 0.3) is 0 Å². The molecular formula is C18H17N5O2S. The molecule has 3 aromatic rings. The number of thioether (sulfide) groups is 1. The van der Waals surface area contributed by atoms with Crippen LogP contribution in [0.2, 0.25) is 0 Å². The molecule has 7 nitrogen and oxygen atoms in total. The molecule has 0 saturated carbocycles. The molecule has 2 aromatic carbocycles. The number of hydrogen-bond donors (Lipinski definition) is 1. The Morgan fingerprint density at radius 3 is 2.62 bits per heavy atom. The summed E-state index contributed by atoms with van der Waals surface area (Å²) in [5.41, 5.74) is 2.06. The van der Waals surface area contributed by atoms with Crippen LogP contribution in [0.15, 0.2) is 53.4 Å². The summed E-state index contributed by atoms with van der Waals surface area (Å²) in [5, 5.41) is 14.9. The molecule has 0 saturated heterocycles. The van der Waals surface area contributed by atoms with Crippen molar-refractivity contribution in [1.82, 2.24) is 20.2 Å². The summed E-state index contributed by atoms with van der Waals surface area (Å²) >= 11 is 1.46. The van der Waals surface area contributed by atoms with Gasteiger partial charge in [0.15, 0.2) is 5.78 Å². The molecule has 0 aliphatic carbocycles. The van der Waals surface area contributed by atoms with Crippen molar-refractivity contribution in [2.75, 3.05) is 11.6 Å². The van der Waals surface area contributed by atoms with Gasteiger partial charge in [0.05, 0.1) is 5.69 Å². The number of carbonyl (C=O) groups excluding carboxylic acids is 2. The normalized spacial score (nSPS) is 10.5. The van der Waals surface area contributed by atoms with Gasteiger partial charge in [-0.3, -0.25) is 9.59 Å². The molecule has 0 bridgehead atoms. The van der Waals surface area contributed by atoms with E-state index in [1.54, 1.807) is 18.2 Å². The average molecular weight is 367 g/mol. The number of ketones is 1. The highest BCUT2D eigenvalue weighted by Crippen LogP contribution is 2.27. The van der Waals surface area contributed by atoms with Crippen LogP contribution >= 0.6 is 11.8 Å². The Hall–Kier alpha value is -3.00. The molecule has 1 heterocycles. The van der Waals surface area contributed by atoms with Crippen LogP contribution in [0.25, 0.3) is 11.4 Å². The quantitative estimate of drug-likeness (QED) is 0.532. The predicted octanol–water partition coefficient (Wildman–Crippen LogP) is 2.90. The van der Waals surface area contributed by atoms with Crippen LogP contribution in [0.1, 0.15) is 17.3 Å². The first-order valence-corrected chi connectivity index (χ1v) is 9.11. The van der Waals surface area contributed by atoms with Crippen molar-refractivity contribution >= 4 is 29.1 Å². The molecule has 26 heavy (non-hydrogen) atoms. The molecule has 1 N–H and O–H groups in total. The largest absolute Gasteiger partial charge is 0.325 e. The minimum Gasteiger partial charge on any atom is -0.325 e. The molecule has 0 fully saturated rings. The first kappa shape index (κ1) is 17.8. The lowest BCUT2D eigenvalue weighted by atomic mass is 10.1. The first-order valence-electron chi connectivity index (χ1n) is 7.89. The predicted molar refractivity (Wildman–Crippen MR) is 100 cm³/mol. The highest BCUT2D eigenvalue weighted by Gasteiger charge is 2.13. The number of tetrazole rings is 1. The zero-order chi connectivity index (χ0) is 18.5. The van der Waals surface area contributed by atoms with Crippen molar-refractivity contribution in [3.05, 3.63) is 54.1 Å². The van der Waals surface area contributed by atoms with Crippen molar-refractivity contribution < 1.29 is 9.59 Å². The molecule has 1 aromatic heterocycles. The summed E-state index contributed by atoms with van der Waals surface area (Å²) < 4.78 is 0. The number of anilines is 1. The maximum absolute atomic E-state index is 12.5. The van der Waals surface area contributed by atoms with Gasteiger partial charge in [0, 0.05) is 22.9 Å². The summed E-state index contributed by atoms with van der Waals surface area (Å²) in [6, 6.07) is 14.6. The summed E-state index contributed by atoms with van der Waals surface area (Å²) in [5.74, 6) is 0.190. The fraction of sp³-hybridized carbons (Fsp3) is 0.167. The smallest absolute Gasteiger partial charge is 0.221 e. The second kappa shape index (κ2) is 7.92. The van der Waals surface area contributed by atoms with E-state index < -0.39 is 0 Å². The summed E-state index contributed by atoms with van der Waals surface area (Å²) in [6.45, 7) is 1.44. The molecule has 0 aliphatic heterocycles. The Morgan fingerprint density at radius 2 is 1.92 bits per heavy atom. The maximum Gasteiger partial charge on any atom is 0.221 e.